The molecule has 0 aromatic rings. The minimum Gasteiger partial charge on any atom is -0.277 e. The summed E-state index contributed by atoms with van der Waals surface area (Å²) >= 11 is 0. The minimum absolute atomic E-state index is 0.469. The summed E-state index contributed by atoms with van der Waals surface area (Å²) in [5.74, 6) is 0.950. The molecule has 0 bridgehead atoms. The zero-order chi connectivity index (χ0) is 8.20. The molecule has 0 saturated carbocycles. The maximum Gasteiger partial charge on any atom is 0.319 e. The molecule has 0 spiro atoms. The lowest BCUT2D eigenvalue weighted by molar-refractivity contribution is 0.502. The Balaban J connectivity index is 3.39. The second-order valence-electron chi connectivity index (χ2n) is 2.43. The van der Waals surface area contributed by atoms with E-state index in [-0.39, 0.29) is 0 Å². The Hall–Kier alpha value is 0.260. The molecular formula is C5H12O3S2. The third-order valence-electron chi connectivity index (χ3n) is 0.927. The smallest absolute Gasteiger partial charge is 0.277 e. The largest absolute Gasteiger partial charge is 0.319 e. The van der Waals surface area contributed by atoms with E-state index in [0.717, 1.165) is 6.42 Å². The molecule has 0 fully saturated rings. The highest BCUT2D eigenvalue weighted by molar-refractivity contribution is 8.69. The highest BCUT2D eigenvalue weighted by Gasteiger charge is 2.04. The van der Waals surface area contributed by atoms with Crippen LogP contribution < -0.4 is 0 Å². The Kier molecular flexibility index (Phi) is 4.31. The molecule has 0 saturated heterocycles. The number of rotatable bonds is 4. The Morgan fingerprint density at radius 2 is 2.00 bits per heavy atom. The van der Waals surface area contributed by atoms with Gasteiger partial charge >= 0.3 is 9.15 Å². The molecule has 0 radical (unpaired) electrons. The van der Waals surface area contributed by atoms with E-state index in [4.69, 9.17) is 4.55 Å². The van der Waals surface area contributed by atoms with E-state index in [1.54, 1.807) is 0 Å². The van der Waals surface area contributed by atoms with Gasteiger partial charge in [0, 0.05) is 5.75 Å². The highest BCUT2D eigenvalue weighted by atomic mass is 33.1. The summed E-state index contributed by atoms with van der Waals surface area (Å²) in [5, 5.41) is 0. The van der Waals surface area contributed by atoms with Gasteiger partial charge in [-0.3, -0.25) is 4.55 Å². The van der Waals surface area contributed by atoms with Gasteiger partial charge in [0.25, 0.3) is 0 Å². The summed E-state index contributed by atoms with van der Waals surface area (Å²) in [7, 11) is -3.21. The van der Waals surface area contributed by atoms with Gasteiger partial charge < -0.3 is 0 Å². The van der Waals surface area contributed by atoms with Gasteiger partial charge in [0.2, 0.25) is 0 Å². The lowest BCUT2D eigenvalue weighted by Gasteiger charge is -2.00. The van der Waals surface area contributed by atoms with Crippen LogP contribution in [0.3, 0.4) is 0 Å². The molecule has 0 aliphatic heterocycles. The molecule has 0 aliphatic carbocycles. The van der Waals surface area contributed by atoms with Crippen molar-refractivity contribution < 1.29 is 13.0 Å². The van der Waals surface area contributed by atoms with Crippen molar-refractivity contribution in [1.29, 1.82) is 0 Å². The van der Waals surface area contributed by atoms with Crippen LogP contribution in [0.1, 0.15) is 20.3 Å². The standard InChI is InChI=1S/C5H12O3S2/c1-5(2)3-4-9-10(6,7)8/h5H,3-4H2,1-2H3,(H,6,7,8). The summed E-state index contributed by atoms with van der Waals surface area (Å²) < 4.78 is 28.5. The minimum atomic E-state index is -3.80. The van der Waals surface area contributed by atoms with Gasteiger partial charge in [0.05, 0.1) is 0 Å². The van der Waals surface area contributed by atoms with Crippen LogP contribution in [0.15, 0.2) is 0 Å². The van der Waals surface area contributed by atoms with Crippen molar-refractivity contribution in [2.45, 2.75) is 20.3 Å². The molecule has 3 nitrogen and oxygen atoms in total. The highest BCUT2D eigenvalue weighted by Crippen LogP contribution is 2.13. The van der Waals surface area contributed by atoms with Gasteiger partial charge in [0.15, 0.2) is 0 Å². The fourth-order valence-corrected chi connectivity index (χ4v) is 2.09. The molecule has 1 N–H and O–H groups in total. The van der Waals surface area contributed by atoms with Gasteiger partial charge in [-0.05, 0) is 23.1 Å². The van der Waals surface area contributed by atoms with E-state index >= 15 is 0 Å². The topological polar surface area (TPSA) is 54.4 Å². The van der Waals surface area contributed by atoms with E-state index in [1.807, 2.05) is 13.8 Å². The summed E-state index contributed by atoms with van der Waals surface area (Å²) in [6, 6.07) is 0. The fraction of sp³-hybridized carbons (Fsp3) is 1.00. The first-order chi connectivity index (χ1) is 4.42. The third kappa shape index (κ3) is 8.26. The monoisotopic (exact) mass is 184 g/mol. The summed E-state index contributed by atoms with van der Waals surface area (Å²) in [6.45, 7) is 4.01. The zero-order valence-electron chi connectivity index (χ0n) is 6.07. The van der Waals surface area contributed by atoms with Crippen LogP contribution in [0.2, 0.25) is 0 Å². The van der Waals surface area contributed by atoms with Crippen molar-refractivity contribution in [3.63, 3.8) is 0 Å². The van der Waals surface area contributed by atoms with Crippen LogP contribution in [0, 0.1) is 5.92 Å². The van der Waals surface area contributed by atoms with Crippen LogP contribution >= 0.6 is 10.8 Å². The molecule has 0 rings (SSSR count). The molecule has 10 heavy (non-hydrogen) atoms. The Labute approximate surface area is 65.4 Å². The lowest BCUT2D eigenvalue weighted by Crippen LogP contribution is -1.95. The second-order valence-corrected chi connectivity index (χ2v) is 5.90. The molecule has 0 aliphatic rings. The quantitative estimate of drug-likeness (QED) is 0.532. The molecule has 0 heterocycles. The van der Waals surface area contributed by atoms with E-state index in [1.165, 1.54) is 0 Å². The molecular weight excluding hydrogens is 172 g/mol. The van der Waals surface area contributed by atoms with E-state index in [0.29, 0.717) is 22.5 Å². The van der Waals surface area contributed by atoms with Gasteiger partial charge in [-0.25, -0.2) is 0 Å². The average Bonchev–Trinajstić information content (AvgIpc) is 1.59. The first-order valence-corrected chi connectivity index (χ1v) is 5.98. The summed E-state index contributed by atoms with van der Waals surface area (Å²) in [5.41, 5.74) is 0. The van der Waals surface area contributed by atoms with E-state index in [2.05, 4.69) is 0 Å². The molecule has 0 aromatic carbocycles. The predicted octanol–water partition coefficient (Wildman–Crippen LogP) is 1.57. The van der Waals surface area contributed by atoms with E-state index in [9.17, 15) is 8.42 Å². The average molecular weight is 184 g/mol. The lowest BCUT2D eigenvalue weighted by atomic mass is 10.2. The van der Waals surface area contributed by atoms with Crippen LogP contribution in [0.25, 0.3) is 0 Å². The van der Waals surface area contributed by atoms with Crippen LogP contribution in [-0.2, 0) is 9.15 Å². The van der Waals surface area contributed by atoms with Crippen LogP contribution in [0.5, 0.6) is 0 Å². The van der Waals surface area contributed by atoms with Gasteiger partial charge in [-0.2, -0.15) is 8.42 Å². The SMILES string of the molecule is CC(C)CCSS(=O)(=O)O. The molecule has 0 aromatic heterocycles. The zero-order valence-corrected chi connectivity index (χ0v) is 7.70. The van der Waals surface area contributed by atoms with Gasteiger partial charge in [-0.15, -0.1) is 0 Å². The van der Waals surface area contributed by atoms with Crippen molar-refractivity contribution in [1.82, 2.24) is 0 Å². The number of hydrogen-bond donors (Lipinski definition) is 1. The van der Waals surface area contributed by atoms with Gasteiger partial charge in [-0.1, -0.05) is 13.8 Å². The van der Waals surface area contributed by atoms with Crippen molar-refractivity contribution in [2.24, 2.45) is 5.92 Å². The second kappa shape index (κ2) is 4.20. The first kappa shape index (κ1) is 10.3. The first-order valence-electron chi connectivity index (χ1n) is 3.03. The third-order valence-corrected chi connectivity index (χ3v) is 3.02. The van der Waals surface area contributed by atoms with Crippen molar-refractivity contribution in [3.05, 3.63) is 0 Å². The Morgan fingerprint density at radius 3 is 2.30 bits per heavy atom. The molecule has 0 amide bonds. The number of hydrogen-bond acceptors (Lipinski definition) is 3. The molecule has 5 heteroatoms. The van der Waals surface area contributed by atoms with Crippen molar-refractivity contribution >= 4 is 19.9 Å². The fourth-order valence-electron chi connectivity index (χ4n) is 0.389. The normalized spacial score (nSPS) is 12.4. The molecule has 0 atom stereocenters. The Bertz CT molecular complexity index is 171. The van der Waals surface area contributed by atoms with E-state index < -0.39 is 9.15 Å². The van der Waals surface area contributed by atoms with Crippen LogP contribution in [-0.4, -0.2) is 18.7 Å². The predicted molar refractivity (Wildman–Crippen MR) is 43.5 cm³/mol. The summed E-state index contributed by atoms with van der Waals surface area (Å²) in [6.07, 6.45) is 0.810. The van der Waals surface area contributed by atoms with Gasteiger partial charge in [0.1, 0.15) is 0 Å². The molecule has 62 valence electrons. The van der Waals surface area contributed by atoms with Crippen molar-refractivity contribution in [2.75, 3.05) is 5.75 Å². The Morgan fingerprint density at radius 1 is 1.50 bits per heavy atom. The van der Waals surface area contributed by atoms with Crippen LogP contribution in [0.4, 0.5) is 0 Å². The molecule has 0 unspecified atom stereocenters. The van der Waals surface area contributed by atoms with Crippen molar-refractivity contribution in [3.8, 4) is 0 Å². The maximum atomic E-state index is 10.1. The maximum absolute atomic E-state index is 10.1. The summed E-state index contributed by atoms with van der Waals surface area (Å²) in [4.78, 5) is 0.